The molecule has 88 valence electrons. The zero-order valence-electron chi connectivity index (χ0n) is 9.91. The second-order valence-corrected chi connectivity index (χ2v) is 5.15. The zero-order valence-corrected chi connectivity index (χ0v) is 10.7. The number of hydrogen-bond acceptors (Lipinski definition) is 2. The van der Waals surface area contributed by atoms with Crippen LogP contribution in [0.3, 0.4) is 0 Å². The van der Waals surface area contributed by atoms with Crippen molar-refractivity contribution in [1.82, 2.24) is 0 Å². The van der Waals surface area contributed by atoms with Crippen molar-refractivity contribution in [3.63, 3.8) is 0 Å². The molecule has 0 saturated carbocycles. The molecule has 0 bridgehead atoms. The van der Waals surface area contributed by atoms with Crippen LogP contribution in [0.15, 0.2) is 18.2 Å². The van der Waals surface area contributed by atoms with E-state index in [1.807, 2.05) is 6.07 Å². The van der Waals surface area contributed by atoms with E-state index in [9.17, 15) is 0 Å². The van der Waals surface area contributed by atoms with E-state index < -0.39 is 0 Å². The SMILES string of the molecule is CC(C)N1c2ccc(Cl)cc2CC1CCN. The first-order valence-corrected chi connectivity index (χ1v) is 6.28. The van der Waals surface area contributed by atoms with Crippen LogP contribution in [0.4, 0.5) is 5.69 Å². The third kappa shape index (κ3) is 2.04. The molecule has 2 nitrogen and oxygen atoms in total. The van der Waals surface area contributed by atoms with Crippen molar-refractivity contribution in [3.05, 3.63) is 28.8 Å². The molecule has 0 spiro atoms. The summed E-state index contributed by atoms with van der Waals surface area (Å²) in [6.45, 7) is 5.20. The maximum atomic E-state index is 6.03. The molecule has 16 heavy (non-hydrogen) atoms. The fraction of sp³-hybridized carbons (Fsp3) is 0.538. The van der Waals surface area contributed by atoms with Crippen molar-refractivity contribution >= 4 is 17.3 Å². The van der Waals surface area contributed by atoms with Crippen molar-refractivity contribution in [2.24, 2.45) is 5.73 Å². The molecule has 0 radical (unpaired) electrons. The number of halogens is 1. The fourth-order valence-electron chi connectivity index (χ4n) is 2.65. The molecule has 1 aliphatic rings. The van der Waals surface area contributed by atoms with Gasteiger partial charge in [-0.15, -0.1) is 0 Å². The van der Waals surface area contributed by atoms with Gasteiger partial charge in [0.15, 0.2) is 0 Å². The Bertz CT molecular complexity index is 376. The summed E-state index contributed by atoms with van der Waals surface area (Å²) in [5, 5.41) is 0.829. The summed E-state index contributed by atoms with van der Waals surface area (Å²) in [7, 11) is 0. The number of anilines is 1. The topological polar surface area (TPSA) is 29.3 Å². The lowest BCUT2D eigenvalue weighted by atomic mass is 10.1. The number of benzene rings is 1. The Kier molecular flexibility index (Phi) is 3.41. The second kappa shape index (κ2) is 4.64. The fourth-order valence-corrected chi connectivity index (χ4v) is 2.85. The van der Waals surface area contributed by atoms with E-state index in [-0.39, 0.29) is 0 Å². The summed E-state index contributed by atoms with van der Waals surface area (Å²) in [6.07, 6.45) is 2.12. The summed E-state index contributed by atoms with van der Waals surface area (Å²) < 4.78 is 0. The van der Waals surface area contributed by atoms with E-state index in [1.165, 1.54) is 11.3 Å². The van der Waals surface area contributed by atoms with Gasteiger partial charge in [-0.2, -0.15) is 0 Å². The lowest BCUT2D eigenvalue weighted by Gasteiger charge is -2.31. The van der Waals surface area contributed by atoms with Crippen molar-refractivity contribution < 1.29 is 0 Å². The van der Waals surface area contributed by atoms with Crippen LogP contribution in [0.25, 0.3) is 0 Å². The molecule has 0 aromatic heterocycles. The minimum absolute atomic E-state index is 0.513. The monoisotopic (exact) mass is 238 g/mol. The van der Waals surface area contributed by atoms with E-state index >= 15 is 0 Å². The summed E-state index contributed by atoms with van der Waals surface area (Å²) in [4.78, 5) is 2.47. The minimum Gasteiger partial charge on any atom is -0.366 e. The summed E-state index contributed by atoms with van der Waals surface area (Å²) >= 11 is 6.03. The van der Waals surface area contributed by atoms with Gasteiger partial charge in [-0.1, -0.05) is 11.6 Å². The molecular weight excluding hydrogens is 220 g/mol. The third-order valence-corrected chi connectivity index (χ3v) is 3.46. The summed E-state index contributed by atoms with van der Waals surface area (Å²) in [6, 6.07) is 7.25. The highest BCUT2D eigenvalue weighted by molar-refractivity contribution is 6.30. The molecule has 1 aliphatic heterocycles. The Labute approximate surface area is 102 Å². The van der Waals surface area contributed by atoms with Gasteiger partial charge in [0.1, 0.15) is 0 Å². The lowest BCUT2D eigenvalue weighted by molar-refractivity contribution is 0.542. The first-order chi connectivity index (χ1) is 7.63. The first-order valence-electron chi connectivity index (χ1n) is 5.90. The molecule has 2 rings (SSSR count). The summed E-state index contributed by atoms with van der Waals surface area (Å²) in [5.41, 5.74) is 8.37. The predicted octanol–water partition coefficient (Wildman–Crippen LogP) is 2.83. The number of rotatable bonds is 3. The van der Waals surface area contributed by atoms with Crippen LogP contribution in [-0.2, 0) is 6.42 Å². The summed E-state index contributed by atoms with van der Waals surface area (Å²) in [5.74, 6) is 0. The molecule has 1 aromatic rings. The van der Waals surface area contributed by atoms with Crippen LogP contribution in [0.1, 0.15) is 25.8 Å². The van der Waals surface area contributed by atoms with Crippen molar-refractivity contribution in [2.75, 3.05) is 11.4 Å². The third-order valence-electron chi connectivity index (χ3n) is 3.22. The van der Waals surface area contributed by atoms with Gasteiger partial charge in [0.05, 0.1) is 0 Å². The Balaban J connectivity index is 2.33. The van der Waals surface area contributed by atoms with Gasteiger partial charge in [0.25, 0.3) is 0 Å². The number of nitrogens with two attached hydrogens (primary N) is 1. The average molecular weight is 239 g/mol. The Morgan fingerprint density at radius 1 is 1.50 bits per heavy atom. The van der Waals surface area contributed by atoms with Crippen LogP contribution in [-0.4, -0.2) is 18.6 Å². The number of hydrogen-bond donors (Lipinski definition) is 1. The molecule has 0 amide bonds. The van der Waals surface area contributed by atoms with Crippen LogP contribution in [0.5, 0.6) is 0 Å². The molecule has 1 atom stereocenters. The van der Waals surface area contributed by atoms with Gasteiger partial charge in [0.2, 0.25) is 0 Å². The Hall–Kier alpha value is -0.730. The van der Waals surface area contributed by atoms with Gasteiger partial charge in [-0.3, -0.25) is 0 Å². The van der Waals surface area contributed by atoms with Gasteiger partial charge in [-0.25, -0.2) is 0 Å². The maximum absolute atomic E-state index is 6.03. The van der Waals surface area contributed by atoms with E-state index in [0.29, 0.717) is 12.1 Å². The van der Waals surface area contributed by atoms with Crippen LogP contribution in [0.2, 0.25) is 5.02 Å². The van der Waals surface area contributed by atoms with Gasteiger partial charge >= 0.3 is 0 Å². The van der Waals surface area contributed by atoms with Gasteiger partial charge < -0.3 is 10.6 Å². The second-order valence-electron chi connectivity index (χ2n) is 4.71. The quantitative estimate of drug-likeness (QED) is 0.878. The molecule has 1 unspecified atom stereocenters. The maximum Gasteiger partial charge on any atom is 0.0410 e. The average Bonchev–Trinajstić information content (AvgIpc) is 2.55. The lowest BCUT2D eigenvalue weighted by Crippen LogP contribution is -2.38. The van der Waals surface area contributed by atoms with Crippen molar-refractivity contribution in [3.8, 4) is 0 Å². The molecule has 3 heteroatoms. The van der Waals surface area contributed by atoms with E-state index in [0.717, 1.165) is 24.4 Å². The van der Waals surface area contributed by atoms with Crippen molar-refractivity contribution in [1.29, 1.82) is 0 Å². The van der Waals surface area contributed by atoms with Crippen LogP contribution < -0.4 is 10.6 Å². The van der Waals surface area contributed by atoms with E-state index in [4.69, 9.17) is 17.3 Å². The molecule has 1 aromatic carbocycles. The van der Waals surface area contributed by atoms with Crippen molar-refractivity contribution in [2.45, 2.75) is 38.8 Å². The van der Waals surface area contributed by atoms with E-state index in [1.54, 1.807) is 0 Å². The van der Waals surface area contributed by atoms with Crippen LogP contribution >= 0.6 is 11.6 Å². The number of nitrogens with zero attached hydrogens (tertiary/aromatic N) is 1. The molecular formula is C13H19ClN2. The smallest absolute Gasteiger partial charge is 0.0410 e. The molecule has 0 fully saturated rings. The number of fused-ring (bicyclic) bond motifs is 1. The normalized spacial score (nSPS) is 19.3. The minimum atomic E-state index is 0.513. The highest BCUT2D eigenvalue weighted by Gasteiger charge is 2.30. The first kappa shape index (κ1) is 11.7. The highest BCUT2D eigenvalue weighted by atomic mass is 35.5. The molecule has 2 N–H and O–H groups in total. The van der Waals surface area contributed by atoms with Gasteiger partial charge in [0, 0.05) is 22.8 Å². The molecule has 0 aliphatic carbocycles. The Morgan fingerprint density at radius 3 is 2.88 bits per heavy atom. The van der Waals surface area contributed by atoms with Crippen LogP contribution in [0, 0.1) is 0 Å². The Morgan fingerprint density at radius 2 is 2.25 bits per heavy atom. The standard InChI is InChI=1S/C13H19ClN2/c1-9(2)16-12(5-6-15)8-10-7-11(14)3-4-13(10)16/h3-4,7,9,12H,5-6,8,15H2,1-2H3. The largest absolute Gasteiger partial charge is 0.366 e. The molecule has 0 saturated heterocycles. The molecule has 1 heterocycles. The predicted molar refractivity (Wildman–Crippen MR) is 70.2 cm³/mol. The zero-order chi connectivity index (χ0) is 11.7. The van der Waals surface area contributed by atoms with Gasteiger partial charge in [-0.05, 0) is 57.0 Å². The van der Waals surface area contributed by atoms with E-state index in [2.05, 4.69) is 30.9 Å². The highest BCUT2D eigenvalue weighted by Crippen LogP contribution is 2.36.